The number of ether oxygens (including phenoxy) is 1. The molecule has 0 unspecified atom stereocenters. The van der Waals surface area contributed by atoms with E-state index < -0.39 is 18.1 Å². The number of carboxylic acids is 1. The van der Waals surface area contributed by atoms with Gasteiger partial charge in [-0.15, -0.1) is 0 Å². The zero-order valence-electron chi connectivity index (χ0n) is 17.3. The van der Waals surface area contributed by atoms with Gasteiger partial charge in [-0.05, 0) is 52.8 Å². The molecule has 1 amide bonds. The number of carboxylic acid groups (broad SMARTS) is 1. The van der Waals surface area contributed by atoms with E-state index in [1.165, 1.54) is 4.90 Å². The first kappa shape index (κ1) is 20.8. The number of halogens is 1. The maximum absolute atomic E-state index is 13.2. The topological polar surface area (TPSA) is 66.8 Å². The lowest BCUT2D eigenvalue weighted by Gasteiger charge is -2.28. The van der Waals surface area contributed by atoms with Crippen LogP contribution in [0.1, 0.15) is 41.5 Å². The van der Waals surface area contributed by atoms with Gasteiger partial charge in [0.25, 0.3) is 0 Å². The third-order valence-electron chi connectivity index (χ3n) is 6.45. The van der Waals surface area contributed by atoms with Crippen LogP contribution in [0.3, 0.4) is 0 Å². The maximum Gasteiger partial charge on any atom is 0.411 e. The monoisotopic (exact) mass is 491 g/mol. The van der Waals surface area contributed by atoms with Gasteiger partial charge >= 0.3 is 12.1 Å². The van der Waals surface area contributed by atoms with Crippen molar-refractivity contribution in [3.05, 3.63) is 94.0 Å². The van der Waals surface area contributed by atoms with Crippen molar-refractivity contribution in [1.29, 1.82) is 0 Å². The van der Waals surface area contributed by atoms with Crippen molar-refractivity contribution in [3.63, 3.8) is 0 Å². The van der Waals surface area contributed by atoms with E-state index in [0.717, 1.165) is 32.3 Å². The van der Waals surface area contributed by atoms with E-state index in [9.17, 15) is 14.7 Å². The van der Waals surface area contributed by atoms with E-state index in [-0.39, 0.29) is 18.6 Å². The molecule has 2 aliphatic rings. The highest BCUT2D eigenvalue weighted by atomic mass is 79.9. The van der Waals surface area contributed by atoms with Crippen LogP contribution in [0.25, 0.3) is 11.1 Å². The molecule has 32 heavy (non-hydrogen) atoms. The molecule has 0 spiro atoms. The summed E-state index contributed by atoms with van der Waals surface area (Å²) in [5.74, 6) is -1.07. The summed E-state index contributed by atoms with van der Waals surface area (Å²) in [5, 5.41) is 9.73. The number of hydrogen-bond donors (Lipinski definition) is 1. The Hall–Kier alpha value is -3.12. The Kier molecular flexibility index (Phi) is 5.47. The fourth-order valence-corrected chi connectivity index (χ4v) is 5.43. The Balaban J connectivity index is 1.40. The maximum atomic E-state index is 13.2. The number of likely N-dealkylation sites (tertiary alicyclic amines) is 1. The SMILES string of the molecule is O=C(O)[C@@H]1CC[C@@H](c2cccc(Br)c2)N1C(=O)OCC1c2ccccc2-c2ccccc21. The molecule has 0 bridgehead atoms. The van der Waals surface area contributed by atoms with E-state index in [1.54, 1.807) is 0 Å². The molecular formula is C26H22BrNO4. The zero-order valence-corrected chi connectivity index (χ0v) is 18.9. The first-order valence-electron chi connectivity index (χ1n) is 10.7. The number of aliphatic carboxylic acids is 1. The molecule has 3 aromatic carbocycles. The molecule has 1 aliphatic carbocycles. The molecule has 1 heterocycles. The molecule has 162 valence electrons. The summed E-state index contributed by atoms with van der Waals surface area (Å²) in [6.07, 6.45) is 0.399. The third kappa shape index (κ3) is 3.58. The van der Waals surface area contributed by atoms with Crippen LogP contribution in [0.4, 0.5) is 4.79 Å². The molecule has 3 aromatic rings. The predicted octanol–water partition coefficient (Wildman–Crippen LogP) is 5.99. The van der Waals surface area contributed by atoms with Crippen molar-refractivity contribution in [2.24, 2.45) is 0 Å². The summed E-state index contributed by atoms with van der Waals surface area (Å²) >= 11 is 3.47. The second-order valence-corrected chi connectivity index (χ2v) is 9.13. The molecule has 5 nitrogen and oxygen atoms in total. The molecule has 1 fully saturated rings. The van der Waals surface area contributed by atoms with Gasteiger partial charge in [0.15, 0.2) is 0 Å². The third-order valence-corrected chi connectivity index (χ3v) is 6.94. The number of carbonyl (C=O) groups is 2. The van der Waals surface area contributed by atoms with Gasteiger partial charge in [0.05, 0.1) is 6.04 Å². The van der Waals surface area contributed by atoms with Crippen LogP contribution in [-0.4, -0.2) is 34.7 Å². The van der Waals surface area contributed by atoms with Crippen LogP contribution in [0.5, 0.6) is 0 Å². The largest absolute Gasteiger partial charge is 0.480 e. The summed E-state index contributed by atoms with van der Waals surface area (Å²) in [6, 6.07) is 22.7. The second kappa shape index (κ2) is 8.43. The Labute approximate surface area is 194 Å². The van der Waals surface area contributed by atoms with Gasteiger partial charge in [0, 0.05) is 10.4 Å². The van der Waals surface area contributed by atoms with Gasteiger partial charge in [0.2, 0.25) is 0 Å². The van der Waals surface area contributed by atoms with E-state index in [4.69, 9.17) is 4.74 Å². The lowest BCUT2D eigenvalue weighted by molar-refractivity contribution is -0.142. The van der Waals surface area contributed by atoms with Crippen LogP contribution in [0, 0.1) is 0 Å². The van der Waals surface area contributed by atoms with Crippen molar-refractivity contribution in [2.45, 2.75) is 30.8 Å². The van der Waals surface area contributed by atoms with Crippen LogP contribution in [-0.2, 0) is 9.53 Å². The van der Waals surface area contributed by atoms with E-state index >= 15 is 0 Å². The van der Waals surface area contributed by atoms with Gasteiger partial charge in [-0.2, -0.15) is 0 Å². The normalized spacial score (nSPS) is 19.5. The van der Waals surface area contributed by atoms with Gasteiger partial charge in [0.1, 0.15) is 12.6 Å². The molecule has 1 aliphatic heterocycles. The number of fused-ring (bicyclic) bond motifs is 3. The number of nitrogens with zero attached hydrogens (tertiary/aromatic N) is 1. The van der Waals surface area contributed by atoms with Crippen LogP contribution >= 0.6 is 15.9 Å². The highest BCUT2D eigenvalue weighted by molar-refractivity contribution is 9.10. The fraction of sp³-hybridized carbons (Fsp3) is 0.231. The first-order valence-corrected chi connectivity index (χ1v) is 11.5. The van der Waals surface area contributed by atoms with Gasteiger partial charge < -0.3 is 9.84 Å². The van der Waals surface area contributed by atoms with E-state index in [0.29, 0.717) is 12.8 Å². The standard InChI is InChI=1S/C26H22BrNO4/c27-17-7-5-6-16(14-17)23-12-13-24(25(29)30)28(23)26(31)32-15-22-20-10-3-1-8-18(20)19-9-2-4-11-21(19)22/h1-11,14,22-24H,12-13,15H2,(H,29,30)/t23-,24-/m0/s1. The number of rotatable bonds is 4. The zero-order chi connectivity index (χ0) is 22.2. The van der Waals surface area contributed by atoms with Gasteiger partial charge in [-0.1, -0.05) is 76.6 Å². The van der Waals surface area contributed by atoms with Crippen molar-refractivity contribution in [2.75, 3.05) is 6.61 Å². The quantitative estimate of drug-likeness (QED) is 0.486. The minimum atomic E-state index is -1.00. The Bertz CT molecular complexity index is 1150. The number of hydrogen-bond acceptors (Lipinski definition) is 3. The Morgan fingerprint density at radius 1 is 0.938 bits per heavy atom. The van der Waals surface area contributed by atoms with E-state index in [2.05, 4.69) is 40.2 Å². The van der Waals surface area contributed by atoms with Crippen LogP contribution < -0.4 is 0 Å². The molecule has 5 rings (SSSR count). The molecule has 0 saturated carbocycles. The minimum absolute atomic E-state index is 0.0680. The summed E-state index contributed by atoms with van der Waals surface area (Å²) < 4.78 is 6.69. The van der Waals surface area contributed by atoms with E-state index in [1.807, 2.05) is 48.5 Å². The predicted molar refractivity (Wildman–Crippen MR) is 124 cm³/mol. The lowest BCUT2D eigenvalue weighted by atomic mass is 9.98. The molecule has 1 N–H and O–H groups in total. The van der Waals surface area contributed by atoms with Gasteiger partial charge in [-0.25, -0.2) is 9.59 Å². The highest BCUT2D eigenvalue weighted by Crippen LogP contribution is 2.45. The summed E-state index contributed by atoms with van der Waals surface area (Å²) in [5.41, 5.74) is 5.46. The summed E-state index contributed by atoms with van der Waals surface area (Å²) in [6.45, 7) is 0.168. The Morgan fingerprint density at radius 2 is 1.59 bits per heavy atom. The van der Waals surface area contributed by atoms with Crippen LogP contribution in [0.15, 0.2) is 77.3 Å². The summed E-state index contributed by atoms with van der Waals surface area (Å²) in [4.78, 5) is 26.5. The van der Waals surface area contributed by atoms with Crippen molar-refractivity contribution < 1.29 is 19.4 Å². The average molecular weight is 492 g/mol. The number of amides is 1. The first-order chi connectivity index (χ1) is 15.5. The molecule has 6 heteroatoms. The van der Waals surface area contributed by atoms with Crippen molar-refractivity contribution in [3.8, 4) is 11.1 Å². The molecule has 0 aromatic heterocycles. The van der Waals surface area contributed by atoms with Crippen LogP contribution in [0.2, 0.25) is 0 Å². The fourth-order valence-electron chi connectivity index (χ4n) is 5.02. The molecule has 1 saturated heterocycles. The molecular weight excluding hydrogens is 470 g/mol. The van der Waals surface area contributed by atoms with Crippen molar-refractivity contribution in [1.82, 2.24) is 4.90 Å². The number of carbonyl (C=O) groups excluding carboxylic acids is 1. The highest BCUT2D eigenvalue weighted by Gasteiger charge is 2.43. The van der Waals surface area contributed by atoms with Crippen molar-refractivity contribution >= 4 is 28.0 Å². The molecule has 2 atom stereocenters. The minimum Gasteiger partial charge on any atom is -0.480 e. The Morgan fingerprint density at radius 3 is 2.22 bits per heavy atom. The lowest BCUT2D eigenvalue weighted by Crippen LogP contribution is -2.42. The second-order valence-electron chi connectivity index (χ2n) is 8.21. The smallest absolute Gasteiger partial charge is 0.411 e. The average Bonchev–Trinajstić information content (AvgIpc) is 3.38. The molecule has 0 radical (unpaired) electrons. The van der Waals surface area contributed by atoms with Gasteiger partial charge in [-0.3, -0.25) is 4.90 Å². The number of benzene rings is 3. The summed E-state index contributed by atoms with van der Waals surface area (Å²) in [7, 11) is 0.